The van der Waals surface area contributed by atoms with E-state index in [2.05, 4.69) is 0 Å². The van der Waals surface area contributed by atoms with Crippen LogP contribution in [-0.2, 0) is 9.47 Å². The molecule has 2 fully saturated rings. The molecular weight excluding hydrogens is 116 g/mol. The number of rotatable bonds is 0. The van der Waals surface area contributed by atoms with Crippen molar-refractivity contribution in [1.29, 1.82) is 0 Å². The van der Waals surface area contributed by atoms with Gasteiger partial charge < -0.3 is 9.47 Å². The van der Waals surface area contributed by atoms with E-state index in [0.717, 1.165) is 26.2 Å². The third-order valence-corrected chi connectivity index (χ3v) is 2.21. The standard InChI is InChI=1S/C7H11O2/c1-3-8-5-7(1)2-4-9-6-7/h3H,1-2,4-6H2. The average Bonchev–Trinajstić information content (AvgIpc) is 2.45. The van der Waals surface area contributed by atoms with E-state index in [4.69, 9.17) is 9.47 Å². The Hall–Kier alpha value is -0.0800. The Morgan fingerprint density at radius 2 is 2.33 bits per heavy atom. The second kappa shape index (κ2) is 1.96. The van der Waals surface area contributed by atoms with Crippen LogP contribution in [0.25, 0.3) is 0 Å². The second-order valence-corrected chi connectivity index (χ2v) is 2.98. The van der Waals surface area contributed by atoms with Gasteiger partial charge in [-0.1, -0.05) is 0 Å². The molecular formula is C7H11O2. The van der Waals surface area contributed by atoms with Gasteiger partial charge >= 0.3 is 0 Å². The monoisotopic (exact) mass is 127 g/mol. The van der Waals surface area contributed by atoms with Crippen LogP contribution in [0, 0.1) is 12.0 Å². The summed E-state index contributed by atoms with van der Waals surface area (Å²) in [4.78, 5) is 0. The highest BCUT2D eigenvalue weighted by Gasteiger charge is 2.38. The van der Waals surface area contributed by atoms with Crippen LogP contribution in [0.4, 0.5) is 0 Å². The molecule has 0 aromatic heterocycles. The van der Waals surface area contributed by atoms with Crippen molar-refractivity contribution in [3.8, 4) is 0 Å². The van der Waals surface area contributed by atoms with Gasteiger partial charge in [0.05, 0.1) is 19.8 Å². The van der Waals surface area contributed by atoms with Crippen LogP contribution < -0.4 is 0 Å². The van der Waals surface area contributed by atoms with Gasteiger partial charge in [0, 0.05) is 12.0 Å². The molecule has 0 amide bonds. The van der Waals surface area contributed by atoms with Crippen LogP contribution in [-0.4, -0.2) is 19.8 Å². The lowest BCUT2D eigenvalue weighted by molar-refractivity contribution is 0.131. The fourth-order valence-corrected chi connectivity index (χ4v) is 1.45. The Kier molecular flexibility index (Phi) is 1.24. The van der Waals surface area contributed by atoms with E-state index in [1.165, 1.54) is 6.42 Å². The molecule has 2 rings (SSSR count). The predicted octanol–water partition coefficient (Wildman–Crippen LogP) is 0.975. The molecule has 2 nitrogen and oxygen atoms in total. The van der Waals surface area contributed by atoms with Crippen LogP contribution in [0.1, 0.15) is 12.8 Å². The summed E-state index contributed by atoms with van der Waals surface area (Å²) in [7, 11) is 0. The maximum absolute atomic E-state index is 5.28. The summed E-state index contributed by atoms with van der Waals surface area (Å²) in [5.41, 5.74) is 0.389. The Morgan fingerprint density at radius 3 is 2.89 bits per heavy atom. The van der Waals surface area contributed by atoms with Gasteiger partial charge in [0.15, 0.2) is 0 Å². The molecule has 1 spiro atoms. The topological polar surface area (TPSA) is 18.5 Å². The van der Waals surface area contributed by atoms with E-state index < -0.39 is 0 Å². The van der Waals surface area contributed by atoms with Crippen LogP contribution in [0.3, 0.4) is 0 Å². The summed E-state index contributed by atoms with van der Waals surface area (Å²) in [6, 6.07) is 0. The Morgan fingerprint density at radius 1 is 1.33 bits per heavy atom. The number of hydrogen-bond acceptors (Lipinski definition) is 2. The quantitative estimate of drug-likeness (QED) is 0.483. The van der Waals surface area contributed by atoms with Crippen molar-refractivity contribution in [3.05, 3.63) is 6.61 Å². The molecule has 0 aromatic carbocycles. The van der Waals surface area contributed by atoms with Crippen LogP contribution >= 0.6 is 0 Å². The van der Waals surface area contributed by atoms with Gasteiger partial charge in [0.25, 0.3) is 0 Å². The molecule has 1 radical (unpaired) electrons. The minimum absolute atomic E-state index is 0.389. The smallest absolute Gasteiger partial charge is 0.0844 e. The molecule has 0 N–H and O–H groups in total. The molecule has 0 bridgehead atoms. The molecule has 0 saturated carbocycles. The summed E-state index contributed by atoms with van der Waals surface area (Å²) in [6.07, 6.45) is 2.27. The summed E-state index contributed by atoms with van der Waals surface area (Å²) in [5.74, 6) is 0. The molecule has 0 aromatic rings. The van der Waals surface area contributed by atoms with E-state index >= 15 is 0 Å². The van der Waals surface area contributed by atoms with Crippen molar-refractivity contribution in [3.63, 3.8) is 0 Å². The van der Waals surface area contributed by atoms with Crippen molar-refractivity contribution in [2.75, 3.05) is 19.8 Å². The molecule has 1 atom stereocenters. The Labute approximate surface area is 55.1 Å². The molecule has 2 heterocycles. The van der Waals surface area contributed by atoms with Gasteiger partial charge in [-0.05, 0) is 12.8 Å². The third-order valence-electron chi connectivity index (χ3n) is 2.21. The molecule has 2 saturated heterocycles. The zero-order chi connectivity index (χ0) is 6.16. The summed E-state index contributed by atoms with van der Waals surface area (Å²) >= 11 is 0. The predicted molar refractivity (Wildman–Crippen MR) is 32.7 cm³/mol. The fourth-order valence-electron chi connectivity index (χ4n) is 1.45. The van der Waals surface area contributed by atoms with E-state index in [1.807, 2.05) is 6.61 Å². The molecule has 2 aliphatic rings. The first kappa shape index (κ1) is 5.69. The van der Waals surface area contributed by atoms with Gasteiger partial charge in [-0.15, -0.1) is 0 Å². The first-order valence-corrected chi connectivity index (χ1v) is 3.42. The van der Waals surface area contributed by atoms with Gasteiger partial charge in [-0.25, -0.2) is 0 Å². The fraction of sp³-hybridized carbons (Fsp3) is 0.857. The van der Waals surface area contributed by atoms with Crippen LogP contribution in [0.2, 0.25) is 0 Å². The maximum Gasteiger partial charge on any atom is 0.0844 e. The third kappa shape index (κ3) is 0.864. The number of ether oxygens (including phenoxy) is 2. The minimum atomic E-state index is 0.389. The normalized spacial score (nSPS) is 32.0. The van der Waals surface area contributed by atoms with Gasteiger partial charge in [-0.2, -0.15) is 0 Å². The largest absolute Gasteiger partial charge is 0.381 e. The first-order chi connectivity index (χ1) is 4.41. The van der Waals surface area contributed by atoms with Gasteiger partial charge in [0.1, 0.15) is 0 Å². The molecule has 2 heteroatoms. The molecule has 1 unspecified atom stereocenters. The molecule has 51 valence electrons. The zero-order valence-electron chi connectivity index (χ0n) is 5.43. The van der Waals surface area contributed by atoms with Crippen molar-refractivity contribution in [2.45, 2.75) is 12.8 Å². The van der Waals surface area contributed by atoms with Crippen LogP contribution in [0.5, 0.6) is 0 Å². The summed E-state index contributed by atoms with van der Waals surface area (Å²) in [6.45, 7) is 4.63. The maximum atomic E-state index is 5.28. The lowest BCUT2D eigenvalue weighted by atomic mass is 9.87. The Bertz CT molecular complexity index is 82.0. The highest BCUT2D eigenvalue weighted by atomic mass is 16.5. The molecule has 9 heavy (non-hydrogen) atoms. The highest BCUT2D eigenvalue weighted by molar-refractivity contribution is 4.90. The van der Waals surface area contributed by atoms with Gasteiger partial charge in [0.2, 0.25) is 0 Å². The minimum Gasteiger partial charge on any atom is -0.381 e. The molecule has 0 aliphatic carbocycles. The van der Waals surface area contributed by atoms with Crippen molar-refractivity contribution < 1.29 is 9.47 Å². The first-order valence-electron chi connectivity index (χ1n) is 3.42. The number of hydrogen-bond donors (Lipinski definition) is 0. The van der Waals surface area contributed by atoms with E-state index in [9.17, 15) is 0 Å². The SMILES string of the molecule is [CH]1CC2(CCOC2)CO1. The lowest BCUT2D eigenvalue weighted by Crippen LogP contribution is -2.19. The van der Waals surface area contributed by atoms with E-state index in [0.29, 0.717) is 5.41 Å². The van der Waals surface area contributed by atoms with E-state index in [1.54, 1.807) is 0 Å². The highest BCUT2D eigenvalue weighted by Crippen LogP contribution is 2.38. The van der Waals surface area contributed by atoms with Crippen molar-refractivity contribution >= 4 is 0 Å². The van der Waals surface area contributed by atoms with Crippen molar-refractivity contribution in [2.24, 2.45) is 5.41 Å². The van der Waals surface area contributed by atoms with Crippen LogP contribution in [0.15, 0.2) is 0 Å². The van der Waals surface area contributed by atoms with E-state index in [-0.39, 0.29) is 0 Å². The average molecular weight is 127 g/mol. The van der Waals surface area contributed by atoms with Crippen molar-refractivity contribution in [1.82, 2.24) is 0 Å². The zero-order valence-corrected chi connectivity index (χ0v) is 5.43. The summed E-state index contributed by atoms with van der Waals surface area (Å²) < 4.78 is 10.5. The molecule has 2 aliphatic heterocycles. The summed E-state index contributed by atoms with van der Waals surface area (Å²) in [5, 5.41) is 0. The van der Waals surface area contributed by atoms with Gasteiger partial charge in [-0.3, -0.25) is 0 Å². The lowest BCUT2D eigenvalue weighted by Gasteiger charge is -2.16. The Balaban J connectivity index is 2.04. The second-order valence-electron chi connectivity index (χ2n) is 2.98.